The molecule has 0 heterocycles. The van der Waals surface area contributed by atoms with Gasteiger partial charge in [0.2, 0.25) is 0 Å². The third-order valence-electron chi connectivity index (χ3n) is 21.5. The maximum Gasteiger partial charge on any atom is 0.0178 e. The van der Waals surface area contributed by atoms with Crippen LogP contribution >= 0.6 is 60.1 Å². The Balaban J connectivity index is 0.000000204. The van der Waals surface area contributed by atoms with Crippen LogP contribution in [0.4, 0.5) is 0 Å². The van der Waals surface area contributed by atoms with Crippen molar-refractivity contribution in [2.24, 2.45) is 69.0 Å². The third kappa shape index (κ3) is 14.1. The maximum absolute atomic E-state index is 3.91. The molecule has 0 saturated heterocycles. The van der Waals surface area contributed by atoms with Gasteiger partial charge in [-0.1, -0.05) is 255 Å². The molecule has 442 valence electrons. The molecule has 4 saturated carbocycles. The van der Waals surface area contributed by atoms with E-state index in [4.69, 9.17) is 0 Å². The van der Waals surface area contributed by atoms with Gasteiger partial charge < -0.3 is 0 Å². The molecule has 6 aliphatic rings. The van der Waals surface area contributed by atoms with Crippen LogP contribution in [0.3, 0.4) is 0 Å². The summed E-state index contributed by atoms with van der Waals surface area (Å²) in [4.78, 5) is 0. The SMILES string of the molecule is BrBr.CC(CCC1CC23CC(CCC(C)CC(C)(C)C)CC2(C1)c1cc(Br)ccc1-c1ccc(Br)cc13)CC(C)(C)C.CC(CCC1CC23CC(CCC(C)CC(C)(C)C)CC2(C1)c1ccccc1-c1ccccc13)CC(C)(C)C. The summed E-state index contributed by atoms with van der Waals surface area (Å²) in [6.07, 6.45) is 27.6. The first-order valence-electron chi connectivity index (χ1n) is 32.4. The molecule has 0 aromatic heterocycles. The summed E-state index contributed by atoms with van der Waals surface area (Å²) in [6.45, 7) is 38.9. The molecule has 6 aliphatic carbocycles. The van der Waals surface area contributed by atoms with E-state index in [2.05, 4.69) is 256 Å². The molecule has 0 nitrogen and oxygen atoms in total. The number of rotatable bonds is 16. The Kier molecular flexibility index (Phi) is 20.5. The summed E-state index contributed by atoms with van der Waals surface area (Å²) in [5.74, 6) is 6.61. The molecule has 4 aromatic rings. The molecule has 0 N–H and O–H groups in total. The molecule has 0 aliphatic heterocycles. The zero-order valence-electron chi connectivity index (χ0n) is 53.4. The molecule has 4 heteroatoms. The Morgan fingerprint density at radius 3 is 0.825 bits per heavy atom. The summed E-state index contributed by atoms with van der Waals surface area (Å²) in [5.41, 5.74) is 15.8. The van der Waals surface area contributed by atoms with Gasteiger partial charge in [-0.05, 0) is 215 Å². The van der Waals surface area contributed by atoms with E-state index in [0.29, 0.717) is 32.5 Å². The highest BCUT2D eigenvalue weighted by Crippen LogP contribution is 2.74. The average molecular weight is 1340 g/mol. The molecule has 0 amide bonds. The highest BCUT2D eigenvalue weighted by Gasteiger charge is 2.68. The van der Waals surface area contributed by atoms with Gasteiger partial charge in [0.1, 0.15) is 0 Å². The molecule has 4 unspecified atom stereocenters. The van der Waals surface area contributed by atoms with Crippen LogP contribution in [0, 0.1) is 69.0 Å². The fraction of sp³-hybridized carbons (Fsp3) is 0.684. The first kappa shape index (κ1) is 64.8. The molecular formula is C76H110Br4. The van der Waals surface area contributed by atoms with Crippen molar-refractivity contribution >= 4 is 60.1 Å². The predicted molar refractivity (Wildman–Crippen MR) is 364 cm³/mol. The predicted octanol–water partition coefficient (Wildman–Crippen LogP) is 26.0. The Hall–Kier alpha value is -1.20. The van der Waals surface area contributed by atoms with Crippen LogP contribution in [0.2, 0.25) is 0 Å². The summed E-state index contributed by atoms with van der Waals surface area (Å²) >= 11 is 13.3. The lowest BCUT2D eigenvalue weighted by molar-refractivity contribution is 0.267. The van der Waals surface area contributed by atoms with Gasteiger partial charge in [-0.25, -0.2) is 0 Å². The van der Waals surface area contributed by atoms with Crippen molar-refractivity contribution in [3.05, 3.63) is 116 Å². The van der Waals surface area contributed by atoms with Gasteiger partial charge in [0.15, 0.2) is 0 Å². The van der Waals surface area contributed by atoms with Crippen molar-refractivity contribution in [1.29, 1.82) is 0 Å². The molecule has 4 atom stereocenters. The second-order valence-corrected chi connectivity index (χ2v) is 35.5. The maximum atomic E-state index is 3.91. The van der Waals surface area contributed by atoms with Crippen molar-refractivity contribution in [3.63, 3.8) is 0 Å². The topological polar surface area (TPSA) is 0 Å². The van der Waals surface area contributed by atoms with E-state index in [1.807, 2.05) is 0 Å². The van der Waals surface area contributed by atoms with Gasteiger partial charge >= 0.3 is 0 Å². The molecular weight excluding hydrogens is 1230 g/mol. The van der Waals surface area contributed by atoms with Gasteiger partial charge in [0.05, 0.1) is 0 Å². The summed E-state index contributed by atoms with van der Waals surface area (Å²) < 4.78 is 2.50. The first-order valence-corrected chi connectivity index (χ1v) is 37.7. The largest absolute Gasteiger partial charge is 0.0625 e. The quantitative estimate of drug-likeness (QED) is 0.105. The lowest BCUT2D eigenvalue weighted by Crippen LogP contribution is -2.43. The molecule has 4 aromatic carbocycles. The summed E-state index contributed by atoms with van der Waals surface area (Å²) in [7, 11) is 0. The lowest BCUT2D eigenvalue weighted by atomic mass is 9.55. The van der Waals surface area contributed by atoms with Crippen molar-refractivity contribution in [3.8, 4) is 22.3 Å². The van der Waals surface area contributed by atoms with Gasteiger partial charge in [-0.3, -0.25) is 0 Å². The molecule has 0 bridgehead atoms. The van der Waals surface area contributed by atoms with E-state index in [1.54, 1.807) is 33.4 Å². The van der Waals surface area contributed by atoms with E-state index in [-0.39, 0.29) is 10.8 Å². The third-order valence-corrected chi connectivity index (χ3v) is 22.5. The Morgan fingerprint density at radius 2 is 0.575 bits per heavy atom. The number of fused-ring (bicyclic) bond motifs is 6. The lowest BCUT2D eigenvalue weighted by Gasteiger charge is -2.47. The first-order chi connectivity index (χ1) is 37.4. The van der Waals surface area contributed by atoms with E-state index in [9.17, 15) is 0 Å². The van der Waals surface area contributed by atoms with Crippen molar-refractivity contribution in [2.45, 2.75) is 261 Å². The second kappa shape index (κ2) is 25.3. The van der Waals surface area contributed by atoms with Crippen LogP contribution in [-0.2, 0) is 21.7 Å². The fourth-order valence-electron chi connectivity index (χ4n) is 20.1. The van der Waals surface area contributed by atoms with E-state index >= 15 is 0 Å². The minimum atomic E-state index is 0.274. The van der Waals surface area contributed by atoms with Gasteiger partial charge in [0, 0.05) is 58.9 Å². The summed E-state index contributed by atoms with van der Waals surface area (Å²) in [5, 5.41) is 0. The molecule has 0 radical (unpaired) electrons. The van der Waals surface area contributed by atoms with Crippen LogP contribution < -0.4 is 0 Å². The van der Waals surface area contributed by atoms with E-state index in [1.165, 1.54) is 148 Å². The van der Waals surface area contributed by atoms with Crippen LogP contribution in [-0.4, -0.2) is 0 Å². The minimum Gasteiger partial charge on any atom is -0.0625 e. The van der Waals surface area contributed by atoms with Crippen molar-refractivity contribution in [1.82, 2.24) is 0 Å². The van der Waals surface area contributed by atoms with Crippen LogP contribution in [0.15, 0.2) is 93.9 Å². The Bertz CT molecular complexity index is 2490. The van der Waals surface area contributed by atoms with E-state index < -0.39 is 0 Å². The Morgan fingerprint density at radius 1 is 0.350 bits per heavy atom. The van der Waals surface area contributed by atoms with Gasteiger partial charge in [-0.15, -0.1) is 0 Å². The second-order valence-electron chi connectivity index (χ2n) is 33.7. The molecule has 80 heavy (non-hydrogen) atoms. The highest BCUT2D eigenvalue weighted by molar-refractivity contribution is 9.93. The van der Waals surface area contributed by atoms with Crippen LogP contribution in [0.5, 0.6) is 0 Å². The minimum absolute atomic E-state index is 0.274. The average Bonchev–Trinajstić information content (AvgIpc) is 4.28. The molecule has 10 rings (SSSR count). The standard InChI is InChI=1S/C38H54Br2.C38H56.Br2/c1-25(19-35(3,4)5)9-11-27-21-37-23-28(12-10-26(2)20-36(6,7)8)24-38(37,22-27)34-18-30(40)14-16-32(34)31-15-13-29(39)17-33(31)37;1-27(21-35(3,4)5)17-19-29-23-37-25-30(20-18-28(2)22-36(6,7)8)26-38(37,24-29)34-16-12-10-14-32(34)31-13-9-11-15-33(31)37;1-2/h13-18,25-28H,9-12,19-24H2,1-8H3;9-16,27-30H,17-26H2,1-8H3;. The monoisotopic (exact) mass is 1340 g/mol. The smallest absolute Gasteiger partial charge is 0.0178 e. The van der Waals surface area contributed by atoms with Crippen molar-refractivity contribution in [2.75, 3.05) is 0 Å². The van der Waals surface area contributed by atoms with Gasteiger partial charge in [0.25, 0.3) is 0 Å². The summed E-state index contributed by atoms with van der Waals surface area (Å²) in [6, 6.07) is 33.6. The normalized spacial score (nSPS) is 28.7. The van der Waals surface area contributed by atoms with Crippen LogP contribution in [0.1, 0.15) is 261 Å². The number of halogens is 4. The van der Waals surface area contributed by atoms with Gasteiger partial charge in [-0.2, -0.15) is 0 Å². The number of hydrogen-bond donors (Lipinski definition) is 0. The van der Waals surface area contributed by atoms with Crippen LogP contribution in [0.25, 0.3) is 22.3 Å². The highest BCUT2D eigenvalue weighted by atomic mass is 80.9. The fourth-order valence-corrected chi connectivity index (χ4v) is 20.8. The van der Waals surface area contributed by atoms with E-state index in [0.717, 1.165) is 47.3 Å². The number of benzene rings is 4. The molecule has 4 fully saturated rings. The molecule has 0 spiro atoms. The zero-order valence-corrected chi connectivity index (χ0v) is 59.7. The Labute approximate surface area is 524 Å². The van der Waals surface area contributed by atoms with Crippen molar-refractivity contribution < 1.29 is 0 Å². The zero-order chi connectivity index (χ0) is 58.4. The number of hydrogen-bond acceptors (Lipinski definition) is 0.